The van der Waals surface area contributed by atoms with E-state index in [1.807, 2.05) is 0 Å². The van der Waals surface area contributed by atoms with Gasteiger partial charge in [0.15, 0.2) is 0 Å². The number of rotatable bonds is 5. The van der Waals surface area contributed by atoms with E-state index in [0.29, 0.717) is 0 Å². The van der Waals surface area contributed by atoms with Crippen molar-refractivity contribution in [2.45, 2.75) is 33.1 Å². The first-order valence-electron chi connectivity index (χ1n) is 8.69. The highest BCUT2D eigenvalue weighted by molar-refractivity contribution is 5.69. The van der Waals surface area contributed by atoms with Crippen molar-refractivity contribution < 1.29 is 9.47 Å². The third-order valence-corrected chi connectivity index (χ3v) is 4.70. The number of fused-ring (bicyclic) bond motifs is 2. The zero-order chi connectivity index (χ0) is 15.4. The maximum atomic E-state index is 6.01. The smallest absolute Gasteiger partial charge is 0.143 e. The van der Waals surface area contributed by atoms with Crippen molar-refractivity contribution in [1.82, 2.24) is 5.32 Å². The molecule has 0 radical (unpaired) electrons. The van der Waals surface area contributed by atoms with E-state index in [4.69, 9.17) is 9.47 Å². The second-order valence-electron chi connectivity index (χ2n) is 5.98. The zero-order valence-electron chi connectivity index (χ0n) is 13.9. The second kappa shape index (κ2) is 7.34. The maximum Gasteiger partial charge on any atom is 0.143 e. The molecule has 0 fully saturated rings. The number of hydrogen-bond donors (Lipinski definition) is 1. The number of hydrogen-bond acceptors (Lipinski definition) is 4. The first-order chi connectivity index (χ1) is 10.8. The third kappa shape index (κ3) is 3.08. The summed E-state index contributed by atoms with van der Waals surface area (Å²) in [6.45, 7) is 10.7. The van der Waals surface area contributed by atoms with Crippen LogP contribution in [0.2, 0.25) is 0 Å². The van der Waals surface area contributed by atoms with Crippen molar-refractivity contribution in [1.29, 1.82) is 0 Å². The Morgan fingerprint density at radius 2 is 2.14 bits per heavy atom. The van der Waals surface area contributed by atoms with Crippen molar-refractivity contribution in [3.63, 3.8) is 0 Å². The lowest BCUT2D eigenvalue weighted by Gasteiger charge is -2.34. The van der Waals surface area contributed by atoms with Crippen LogP contribution in [0.4, 0.5) is 5.69 Å². The van der Waals surface area contributed by atoms with Crippen LogP contribution >= 0.6 is 0 Å². The molecular formula is C18H28N2O2. The molecule has 0 saturated carbocycles. The summed E-state index contributed by atoms with van der Waals surface area (Å²) in [6.07, 6.45) is 3.31. The minimum atomic E-state index is 0.777. The van der Waals surface area contributed by atoms with Crippen molar-refractivity contribution in [3.05, 3.63) is 22.8 Å². The molecule has 3 rings (SSSR count). The van der Waals surface area contributed by atoms with Gasteiger partial charge in [-0.2, -0.15) is 0 Å². The predicted molar refractivity (Wildman–Crippen MR) is 90.3 cm³/mol. The van der Waals surface area contributed by atoms with Crippen LogP contribution in [0.3, 0.4) is 0 Å². The summed E-state index contributed by atoms with van der Waals surface area (Å²) in [5.74, 6) is 1.08. The number of anilines is 1. The van der Waals surface area contributed by atoms with Gasteiger partial charge in [0, 0.05) is 13.2 Å². The average Bonchev–Trinajstić information content (AvgIpc) is 2.78. The molecule has 2 aliphatic rings. The summed E-state index contributed by atoms with van der Waals surface area (Å²) in [6, 6.07) is 2.30. The normalized spacial score (nSPS) is 17.5. The molecule has 0 aliphatic carbocycles. The Hall–Kier alpha value is -1.26. The Bertz CT molecular complexity index is 516. The molecule has 0 atom stereocenters. The van der Waals surface area contributed by atoms with Crippen LogP contribution in [0, 0.1) is 0 Å². The minimum Gasteiger partial charge on any atom is -0.490 e. The van der Waals surface area contributed by atoms with Crippen molar-refractivity contribution in [2.24, 2.45) is 0 Å². The van der Waals surface area contributed by atoms with Crippen molar-refractivity contribution in [3.8, 4) is 5.75 Å². The lowest BCUT2D eigenvalue weighted by atomic mass is 9.92. The van der Waals surface area contributed by atoms with E-state index in [1.165, 1.54) is 16.8 Å². The zero-order valence-corrected chi connectivity index (χ0v) is 13.9. The lowest BCUT2D eigenvalue weighted by molar-refractivity contribution is 0.152. The summed E-state index contributed by atoms with van der Waals surface area (Å²) in [4.78, 5) is 2.46. The lowest BCUT2D eigenvalue weighted by Crippen LogP contribution is -2.36. The fourth-order valence-corrected chi connectivity index (χ4v) is 3.65. The first kappa shape index (κ1) is 15.6. The first-order valence-corrected chi connectivity index (χ1v) is 8.69. The molecule has 0 aromatic heterocycles. The molecule has 0 unspecified atom stereocenters. The molecule has 0 bridgehead atoms. The van der Waals surface area contributed by atoms with E-state index >= 15 is 0 Å². The van der Waals surface area contributed by atoms with E-state index in [9.17, 15) is 0 Å². The molecule has 0 spiro atoms. The Labute approximate surface area is 133 Å². The van der Waals surface area contributed by atoms with E-state index in [0.717, 1.165) is 71.0 Å². The molecule has 2 aliphatic heterocycles. The molecule has 0 saturated heterocycles. The predicted octanol–water partition coefficient (Wildman–Crippen LogP) is 2.17. The van der Waals surface area contributed by atoms with Gasteiger partial charge in [-0.25, -0.2) is 0 Å². The molecule has 1 N–H and O–H groups in total. The Balaban J connectivity index is 1.97. The molecule has 22 heavy (non-hydrogen) atoms. The summed E-state index contributed by atoms with van der Waals surface area (Å²) < 4.78 is 11.6. The van der Waals surface area contributed by atoms with Gasteiger partial charge in [0.05, 0.1) is 18.8 Å². The van der Waals surface area contributed by atoms with Gasteiger partial charge in [-0.1, -0.05) is 6.92 Å². The minimum absolute atomic E-state index is 0.777. The van der Waals surface area contributed by atoms with Crippen LogP contribution in [0.5, 0.6) is 5.75 Å². The number of ether oxygens (including phenoxy) is 2. The van der Waals surface area contributed by atoms with Gasteiger partial charge in [-0.15, -0.1) is 0 Å². The third-order valence-electron chi connectivity index (χ3n) is 4.70. The van der Waals surface area contributed by atoms with E-state index in [-0.39, 0.29) is 0 Å². The van der Waals surface area contributed by atoms with Crippen molar-refractivity contribution in [2.75, 3.05) is 50.9 Å². The van der Waals surface area contributed by atoms with Gasteiger partial charge in [-0.05, 0) is 62.0 Å². The molecule has 0 amide bonds. The molecular weight excluding hydrogens is 276 g/mol. The van der Waals surface area contributed by atoms with Crippen LogP contribution in [0.25, 0.3) is 0 Å². The fourth-order valence-electron chi connectivity index (χ4n) is 3.65. The number of benzene rings is 1. The van der Waals surface area contributed by atoms with E-state index in [1.54, 1.807) is 5.56 Å². The van der Waals surface area contributed by atoms with Gasteiger partial charge in [0.1, 0.15) is 12.4 Å². The van der Waals surface area contributed by atoms with Crippen molar-refractivity contribution >= 4 is 5.69 Å². The molecule has 2 heterocycles. The van der Waals surface area contributed by atoms with Crippen LogP contribution in [0.1, 0.15) is 30.5 Å². The molecule has 4 heteroatoms. The van der Waals surface area contributed by atoms with Gasteiger partial charge in [0.25, 0.3) is 0 Å². The van der Waals surface area contributed by atoms with Crippen LogP contribution in [-0.2, 0) is 24.0 Å². The van der Waals surface area contributed by atoms with E-state index < -0.39 is 0 Å². The summed E-state index contributed by atoms with van der Waals surface area (Å²) in [5, 5.41) is 3.51. The molecule has 122 valence electrons. The summed E-state index contributed by atoms with van der Waals surface area (Å²) in [5.41, 5.74) is 5.85. The second-order valence-corrected chi connectivity index (χ2v) is 5.98. The average molecular weight is 304 g/mol. The fraction of sp³-hybridized carbons (Fsp3) is 0.667. The highest BCUT2D eigenvalue weighted by atomic mass is 16.5. The highest BCUT2D eigenvalue weighted by Crippen LogP contribution is 2.40. The molecule has 1 aromatic carbocycles. The largest absolute Gasteiger partial charge is 0.490 e. The monoisotopic (exact) mass is 304 g/mol. The standard InChI is InChI=1S/C18H28N2O2/c1-3-15-16-6-8-19-7-5-14(16)13-17-18(15)20(10-12-22-17)9-11-21-4-2/h13,19H,3-12H2,1-2H3. The topological polar surface area (TPSA) is 33.7 Å². The maximum absolute atomic E-state index is 6.01. The Kier molecular flexibility index (Phi) is 5.21. The quantitative estimate of drug-likeness (QED) is 0.846. The van der Waals surface area contributed by atoms with Crippen LogP contribution < -0.4 is 15.0 Å². The Morgan fingerprint density at radius 1 is 1.27 bits per heavy atom. The Morgan fingerprint density at radius 3 is 2.95 bits per heavy atom. The van der Waals surface area contributed by atoms with Gasteiger partial charge in [-0.3, -0.25) is 0 Å². The molecule has 4 nitrogen and oxygen atoms in total. The van der Waals surface area contributed by atoms with Gasteiger partial charge in [0.2, 0.25) is 0 Å². The van der Waals surface area contributed by atoms with Gasteiger partial charge < -0.3 is 19.7 Å². The van der Waals surface area contributed by atoms with Crippen LogP contribution in [0.15, 0.2) is 6.07 Å². The summed E-state index contributed by atoms with van der Waals surface area (Å²) >= 11 is 0. The van der Waals surface area contributed by atoms with Crippen LogP contribution in [-0.4, -0.2) is 46.0 Å². The van der Waals surface area contributed by atoms with E-state index in [2.05, 4.69) is 30.1 Å². The number of nitrogens with zero attached hydrogens (tertiary/aromatic N) is 1. The molecule has 1 aromatic rings. The SMILES string of the molecule is CCOCCN1CCOc2cc3c(c(CC)c21)CCNCC3. The highest BCUT2D eigenvalue weighted by Gasteiger charge is 2.25. The summed E-state index contributed by atoms with van der Waals surface area (Å²) in [7, 11) is 0. The van der Waals surface area contributed by atoms with Gasteiger partial charge >= 0.3 is 0 Å². The number of nitrogens with one attached hydrogen (secondary N) is 1.